The minimum atomic E-state index is 0.301. The van der Waals surface area contributed by atoms with E-state index in [4.69, 9.17) is 0 Å². The van der Waals surface area contributed by atoms with Crippen LogP contribution in [0.5, 0.6) is 0 Å². The smallest absolute Gasteiger partial charge is 0.224 e. The fraction of sp³-hybridized carbons (Fsp3) is 0.765. The topological polar surface area (TPSA) is 41.4 Å². The lowest BCUT2D eigenvalue weighted by atomic mass is 10.0. The summed E-state index contributed by atoms with van der Waals surface area (Å²) < 4.78 is 1.96. The third-order valence-electron chi connectivity index (χ3n) is 5.28. The third-order valence-corrected chi connectivity index (χ3v) is 5.28. The highest BCUT2D eigenvalue weighted by Crippen LogP contribution is 2.29. The number of likely N-dealkylation sites (tertiary alicyclic amines) is 2. The van der Waals surface area contributed by atoms with Crippen LogP contribution in [0, 0.1) is 13.8 Å². The summed E-state index contributed by atoms with van der Waals surface area (Å²) in [4.78, 5) is 17.3. The summed E-state index contributed by atoms with van der Waals surface area (Å²) in [6.45, 7) is 6.86. The van der Waals surface area contributed by atoms with E-state index in [0.717, 1.165) is 24.4 Å². The van der Waals surface area contributed by atoms with Gasteiger partial charge in [-0.15, -0.1) is 0 Å². The van der Waals surface area contributed by atoms with Crippen LogP contribution in [0.15, 0.2) is 6.07 Å². The van der Waals surface area contributed by atoms with Crippen molar-refractivity contribution in [2.24, 2.45) is 0 Å². The Kier molecular flexibility index (Phi) is 4.52. The molecule has 0 unspecified atom stereocenters. The monoisotopic (exact) mass is 304 g/mol. The summed E-state index contributed by atoms with van der Waals surface area (Å²) in [6.07, 6.45) is 5.39. The molecule has 2 saturated heterocycles. The lowest BCUT2D eigenvalue weighted by Gasteiger charge is -2.33. The SMILES string of the molecule is Cc1cc(C)n(CCC(=O)N2CCC[C@H]2[C@@H]2CCCN2C)n1. The van der Waals surface area contributed by atoms with Crippen LogP contribution in [0.2, 0.25) is 0 Å². The molecule has 0 bridgehead atoms. The molecule has 0 radical (unpaired) electrons. The second-order valence-electron chi connectivity index (χ2n) is 6.89. The Hall–Kier alpha value is -1.36. The number of carbonyl (C=O) groups is 1. The molecule has 5 nitrogen and oxygen atoms in total. The quantitative estimate of drug-likeness (QED) is 0.854. The molecule has 1 aromatic heterocycles. The fourth-order valence-corrected chi connectivity index (χ4v) is 4.17. The number of hydrogen-bond donors (Lipinski definition) is 0. The molecule has 5 heteroatoms. The van der Waals surface area contributed by atoms with Gasteiger partial charge in [0.15, 0.2) is 0 Å². The van der Waals surface area contributed by atoms with E-state index in [1.807, 2.05) is 11.6 Å². The second-order valence-corrected chi connectivity index (χ2v) is 6.89. The molecule has 1 aromatic rings. The average molecular weight is 304 g/mol. The molecular weight excluding hydrogens is 276 g/mol. The van der Waals surface area contributed by atoms with E-state index < -0.39 is 0 Å². The first kappa shape index (κ1) is 15.5. The molecule has 122 valence electrons. The molecule has 2 aliphatic rings. The van der Waals surface area contributed by atoms with Gasteiger partial charge in [0.2, 0.25) is 5.91 Å². The van der Waals surface area contributed by atoms with Crippen LogP contribution < -0.4 is 0 Å². The van der Waals surface area contributed by atoms with Crippen LogP contribution in [-0.4, -0.2) is 57.7 Å². The van der Waals surface area contributed by atoms with Crippen molar-refractivity contribution < 1.29 is 4.79 Å². The van der Waals surface area contributed by atoms with Crippen molar-refractivity contribution in [3.8, 4) is 0 Å². The first-order valence-electron chi connectivity index (χ1n) is 8.57. The minimum Gasteiger partial charge on any atom is -0.338 e. The normalized spacial score (nSPS) is 26.0. The minimum absolute atomic E-state index is 0.301. The highest BCUT2D eigenvalue weighted by Gasteiger charge is 2.38. The summed E-state index contributed by atoms with van der Waals surface area (Å²) >= 11 is 0. The molecule has 22 heavy (non-hydrogen) atoms. The van der Waals surface area contributed by atoms with Crippen molar-refractivity contribution in [2.75, 3.05) is 20.1 Å². The Balaban J connectivity index is 1.60. The maximum absolute atomic E-state index is 12.7. The Morgan fingerprint density at radius 3 is 2.59 bits per heavy atom. The summed E-state index contributed by atoms with van der Waals surface area (Å²) in [5.41, 5.74) is 2.16. The van der Waals surface area contributed by atoms with Gasteiger partial charge in [0.1, 0.15) is 0 Å². The largest absolute Gasteiger partial charge is 0.338 e. The molecule has 0 N–H and O–H groups in total. The maximum atomic E-state index is 12.7. The molecular formula is C17H28N4O. The molecule has 2 atom stereocenters. The van der Waals surface area contributed by atoms with Crippen molar-refractivity contribution in [2.45, 2.75) is 64.6 Å². The summed E-state index contributed by atoms with van der Waals surface area (Å²) in [5, 5.41) is 4.46. The van der Waals surface area contributed by atoms with Crippen molar-refractivity contribution in [1.29, 1.82) is 0 Å². The van der Waals surface area contributed by atoms with Crippen molar-refractivity contribution >= 4 is 5.91 Å². The molecule has 3 rings (SSSR count). The highest BCUT2D eigenvalue weighted by molar-refractivity contribution is 5.76. The van der Waals surface area contributed by atoms with E-state index >= 15 is 0 Å². The molecule has 0 saturated carbocycles. The van der Waals surface area contributed by atoms with Crippen LogP contribution in [0.4, 0.5) is 0 Å². The molecule has 2 aliphatic heterocycles. The predicted octanol–water partition coefficient (Wildman–Crippen LogP) is 1.98. The van der Waals surface area contributed by atoms with Gasteiger partial charge in [0.05, 0.1) is 5.69 Å². The first-order chi connectivity index (χ1) is 10.6. The van der Waals surface area contributed by atoms with Crippen LogP contribution in [-0.2, 0) is 11.3 Å². The lowest BCUT2D eigenvalue weighted by molar-refractivity contribution is -0.133. The number of nitrogens with zero attached hydrogens (tertiary/aromatic N) is 4. The van der Waals surface area contributed by atoms with E-state index in [9.17, 15) is 4.79 Å². The second kappa shape index (κ2) is 6.41. The summed E-state index contributed by atoms with van der Waals surface area (Å²) in [5.74, 6) is 0.301. The van der Waals surface area contributed by atoms with Crippen LogP contribution in [0.25, 0.3) is 0 Å². The van der Waals surface area contributed by atoms with Gasteiger partial charge in [0, 0.05) is 37.3 Å². The van der Waals surface area contributed by atoms with Gasteiger partial charge in [-0.1, -0.05) is 0 Å². The Morgan fingerprint density at radius 2 is 1.95 bits per heavy atom. The predicted molar refractivity (Wildman–Crippen MR) is 86.7 cm³/mol. The number of aryl methyl sites for hydroxylation is 3. The average Bonchev–Trinajstić information content (AvgIpc) is 3.16. The third kappa shape index (κ3) is 3.05. The number of aromatic nitrogens is 2. The van der Waals surface area contributed by atoms with Gasteiger partial charge in [-0.05, 0) is 59.2 Å². The molecule has 0 aliphatic carbocycles. The molecule has 1 amide bonds. The van der Waals surface area contributed by atoms with Gasteiger partial charge in [0.25, 0.3) is 0 Å². The van der Waals surface area contributed by atoms with Gasteiger partial charge >= 0.3 is 0 Å². The molecule has 0 spiro atoms. The standard InChI is InChI=1S/C17H28N4O/c1-13-12-14(2)21(18-13)11-8-17(22)20-10-5-7-16(20)15-6-4-9-19(15)3/h12,15-16H,4-11H2,1-3H3/t15-,16-/m0/s1. The van der Waals surface area contributed by atoms with Gasteiger partial charge in [-0.3, -0.25) is 9.48 Å². The zero-order valence-electron chi connectivity index (χ0n) is 14.1. The van der Waals surface area contributed by atoms with E-state index in [1.54, 1.807) is 0 Å². The van der Waals surface area contributed by atoms with E-state index in [1.165, 1.54) is 25.8 Å². The van der Waals surface area contributed by atoms with Crippen LogP contribution >= 0.6 is 0 Å². The van der Waals surface area contributed by atoms with Crippen molar-refractivity contribution in [3.63, 3.8) is 0 Å². The van der Waals surface area contributed by atoms with Crippen molar-refractivity contribution in [1.82, 2.24) is 19.6 Å². The lowest BCUT2D eigenvalue weighted by Crippen LogP contribution is -2.47. The Morgan fingerprint density at radius 1 is 1.23 bits per heavy atom. The number of hydrogen-bond acceptors (Lipinski definition) is 3. The molecule has 3 heterocycles. The fourth-order valence-electron chi connectivity index (χ4n) is 4.17. The molecule has 0 aromatic carbocycles. The molecule has 2 fully saturated rings. The summed E-state index contributed by atoms with van der Waals surface area (Å²) in [6, 6.07) is 3.07. The van der Waals surface area contributed by atoms with E-state index in [-0.39, 0.29) is 0 Å². The van der Waals surface area contributed by atoms with Gasteiger partial charge < -0.3 is 9.80 Å². The number of rotatable bonds is 4. The number of amides is 1. The number of carbonyl (C=O) groups excluding carboxylic acids is 1. The van der Waals surface area contributed by atoms with Gasteiger partial charge in [-0.2, -0.15) is 5.10 Å². The van der Waals surface area contributed by atoms with Crippen molar-refractivity contribution in [3.05, 3.63) is 17.5 Å². The van der Waals surface area contributed by atoms with Crippen LogP contribution in [0.1, 0.15) is 43.5 Å². The zero-order chi connectivity index (χ0) is 15.7. The van der Waals surface area contributed by atoms with Gasteiger partial charge in [-0.25, -0.2) is 0 Å². The summed E-state index contributed by atoms with van der Waals surface area (Å²) in [7, 11) is 2.20. The van der Waals surface area contributed by atoms with Crippen LogP contribution in [0.3, 0.4) is 0 Å². The van der Waals surface area contributed by atoms with E-state index in [2.05, 4.69) is 34.9 Å². The van der Waals surface area contributed by atoms with E-state index in [0.29, 0.717) is 31.0 Å². The number of likely N-dealkylation sites (N-methyl/N-ethyl adjacent to an activating group) is 1. The maximum Gasteiger partial charge on any atom is 0.224 e. The highest BCUT2D eigenvalue weighted by atomic mass is 16.2. The Bertz CT molecular complexity index is 539. The zero-order valence-corrected chi connectivity index (χ0v) is 14.1. The first-order valence-corrected chi connectivity index (χ1v) is 8.57. The Labute approximate surface area is 133 Å².